The molecule has 2 aliphatic carbocycles. The lowest BCUT2D eigenvalue weighted by atomic mass is 9.82. The second-order valence-electron chi connectivity index (χ2n) is 10.7. The molecule has 2 aliphatic rings. The minimum Gasteiger partial charge on any atom is -0.459 e. The van der Waals surface area contributed by atoms with E-state index in [1.807, 2.05) is 6.07 Å². The van der Waals surface area contributed by atoms with E-state index in [-0.39, 0.29) is 10.8 Å². The molecule has 0 unspecified atom stereocenters. The minimum atomic E-state index is -0.178. The number of nitrogens with one attached hydrogen (secondary N) is 1. The van der Waals surface area contributed by atoms with Crippen molar-refractivity contribution in [3.05, 3.63) is 107 Å². The summed E-state index contributed by atoms with van der Waals surface area (Å²) < 4.78 is 6.35. The Labute approximate surface area is 200 Å². The molecule has 5 aromatic rings. The topological polar surface area (TPSA) is 25.2 Å². The zero-order chi connectivity index (χ0) is 23.2. The Morgan fingerprint density at radius 1 is 0.588 bits per heavy atom. The van der Waals surface area contributed by atoms with Crippen molar-refractivity contribution in [2.24, 2.45) is 0 Å². The number of rotatable bonds is 2. The van der Waals surface area contributed by atoms with Gasteiger partial charge < -0.3 is 9.73 Å². The van der Waals surface area contributed by atoms with E-state index >= 15 is 0 Å². The van der Waals surface area contributed by atoms with Crippen LogP contribution < -0.4 is 5.32 Å². The Balaban J connectivity index is 1.29. The van der Waals surface area contributed by atoms with E-state index in [0.29, 0.717) is 0 Å². The molecule has 0 fully saturated rings. The molecule has 7 rings (SSSR count). The lowest BCUT2D eigenvalue weighted by Gasteiger charge is -2.22. The summed E-state index contributed by atoms with van der Waals surface area (Å²) in [6.45, 7) is 9.17. The second-order valence-corrected chi connectivity index (χ2v) is 10.7. The monoisotopic (exact) mass is 441 g/mol. The number of hydrogen-bond acceptors (Lipinski definition) is 2. The smallest absolute Gasteiger partial charge is 0.134 e. The Morgan fingerprint density at radius 2 is 1.21 bits per heavy atom. The molecule has 0 saturated heterocycles. The Hall–Kier alpha value is -3.78. The molecule has 34 heavy (non-hydrogen) atoms. The maximum Gasteiger partial charge on any atom is 0.134 e. The van der Waals surface area contributed by atoms with E-state index in [1.165, 1.54) is 44.3 Å². The Kier molecular flexibility index (Phi) is 3.71. The van der Waals surface area contributed by atoms with Gasteiger partial charge in [-0.25, -0.2) is 0 Å². The quantitative estimate of drug-likeness (QED) is 0.296. The van der Waals surface area contributed by atoms with Gasteiger partial charge in [0.05, 0.1) is 0 Å². The molecule has 0 spiro atoms. The van der Waals surface area contributed by atoms with Crippen molar-refractivity contribution in [1.29, 1.82) is 0 Å². The van der Waals surface area contributed by atoms with Crippen molar-refractivity contribution >= 4 is 22.3 Å². The van der Waals surface area contributed by atoms with Crippen LogP contribution in [-0.2, 0) is 10.8 Å². The highest BCUT2D eigenvalue weighted by atomic mass is 16.3. The fourth-order valence-electron chi connectivity index (χ4n) is 6.18. The third-order valence-corrected chi connectivity index (χ3v) is 8.00. The average Bonchev–Trinajstić information content (AvgIpc) is 3.41. The number of fused-ring (bicyclic) bond motifs is 8. The zero-order valence-electron chi connectivity index (χ0n) is 20.0. The third kappa shape index (κ3) is 2.46. The van der Waals surface area contributed by atoms with E-state index in [4.69, 9.17) is 4.42 Å². The van der Waals surface area contributed by atoms with E-state index in [0.717, 1.165) is 22.7 Å². The normalized spacial score (nSPS) is 16.1. The molecule has 0 atom stereocenters. The minimum absolute atomic E-state index is 0.000995. The van der Waals surface area contributed by atoms with Crippen molar-refractivity contribution in [3.63, 3.8) is 0 Å². The van der Waals surface area contributed by atoms with Crippen molar-refractivity contribution in [3.8, 4) is 22.3 Å². The van der Waals surface area contributed by atoms with Crippen LogP contribution in [0.25, 0.3) is 33.2 Å². The molecule has 0 aliphatic heterocycles. The predicted molar refractivity (Wildman–Crippen MR) is 141 cm³/mol. The van der Waals surface area contributed by atoms with Crippen molar-refractivity contribution in [2.45, 2.75) is 38.5 Å². The first-order valence-corrected chi connectivity index (χ1v) is 12.0. The number of furan rings is 1. The SMILES string of the molecule is CC1(C)c2ccccc2-c2ccc(Nc3ccc4c(c3)C(C)(C)c3oc5ccccc5c3-4)cc21. The molecule has 0 amide bonds. The van der Waals surface area contributed by atoms with Gasteiger partial charge in [-0.15, -0.1) is 0 Å². The van der Waals surface area contributed by atoms with Crippen LogP contribution in [-0.4, -0.2) is 0 Å². The summed E-state index contributed by atoms with van der Waals surface area (Å²) >= 11 is 0. The third-order valence-electron chi connectivity index (χ3n) is 8.00. The number of para-hydroxylation sites is 1. The van der Waals surface area contributed by atoms with Crippen molar-refractivity contribution < 1.29 is 4.42 Å². The zero-order valence-corrected chi connectivity index (χ0v) is 20.0. The van der Waals surface area contributed by atoms with Gasteiger partial charge in [0, 0.05) is 33.2 Å². The number of benzene rings is 4. The van der Waals surface area contributed by atoms with E-state index in [2.05, 4.69) is 112 Å². The first-order chi connectivity index (χ1) is 16.4. The van der Waals surface area contributed by atoms with Gasteiger partial charge in [-0.3, -0.25) is 0 Å². The molecule has 2 nitrogen and oxygen atoms in total. The first kappa shape index (κ1) is 19.7. The van der Waals surface area contributed by atoms with Crippen LogP contribution in [0.2, 0.25) is 0 Å². The fourth-order valence-corrected chi connectivity index (χ4v) is 6.18. The highest BCUT2D eigenvalue weighted by Crippen LogP contribution is 2.54. The lowest BCUT2D eigenvalue weighted by molar-refractivity contribution is 0.465. The summed E-state index contributed by atoms with van der Waals surface area (Å²) in [6.07, 6.45) is 0. The summed E-state index contributed by atoms with van der Waals surface area (Å²) in [5.74, 6) is 1.07. The molecule has 1 aromatic heterocycles. The van der Waals surface area contributed by atoms with Gasteiger partial charge in [-0.2, -0.15) is 0 Å². The van der Waals surface area contributed by atoms with Crippen LogP contribution in [0.5, 0.6) is 0 Å². The van der Waals surface area contributed by atoms with Crippen LogP contribution in [0.3, 0.4) is 0 Å². The van der Waals surface area contributed by atoms with Gasteiger partial charge in [0.1, 0.15) is 11.3 Å². The molecule has 0 radical (unpaired) electrons. The number of anilines is 2. The van der Waals surface area contributed by atoms with E-state index < -0.39 is 0 Å². The summed E-state index contributed by atoms with van der Waals surface area (Å²) in [7, 11) is 0. The summed E-state index contributed by atoms with van der Waals surface area (Å²) in [5, 5.41) is 4.89. The second kappa shape index (κ2) is 6.42. The molecule has 166 valence electrons. The average molecular weight is 442 g/mol. The molecule has 0 bridgehead atoms. The predicted octanol–water partition coefficient (Wildman–Crippen LogP) is 8.79. The fraction of sp³-hybridized carbons (Fsp3) is 0.188. The van der Waals surface area contributed by atoms with Gasteiger partial charge in [-0.1, -0.05) is 68.4 Å². The first-order valence-electron chi connectivity index (χ1n) is 12.0. The van der Waals surface area contributed by atoms with Gasteiger partial charge in [0.25, 0.3) is 0 Å². The standard InChI is InChI=1S/C32H27NO/c1-31(2)25-11-7-5-9-21(25)22-15-13-19(17-26(22)31)33-20-14-16-23-27(18-20)32(3,4)30-29(23)24-10-6-8-12-28(24)34-30/h5-18,33H,1-4H3. The highest BCUT2D eigenvalue weighted by Gasteiger charge is 2.40. The largest absolute Gasteiger partial charge is 0.459 e. The number of hydrogen-bond donors (Lipinski definition) is 1. The Morgan fingerprint density at radius 3 is 2.00 bits per heavy atom. The van der Waals surface area contributed by atoms with E-state index in [9.17, 15) is 0 Å². The van der Waals surface area contributed by atoms with Crippen LogP contribution in [0.1, 0.15) is 50.1 Å². The van der Waals surface area contributed by atoms with Gasteiger partial charge in [0.15, 0.2) is 0 Å². The molecule has 1 heterocycles. The van der Waals surface area contributed by atoms with E-state index in [1.54, 1.807) is 0 Å². The van der Waals surface area contributed by atoms with Crippen molar-refractivity contribution in [1.82, 2.24) is 0 Å². The molecule has 1 N–H and O–H groups in total. The summed E-state index contributed by atoms with van der Waals surface area (Å²) in [5.41, 5.74) is 12.3. The molecular weight excluding hydrogens is 414 g/mol. The van der Waals surface area contributed by atoms with Crippen LogP contribution >= 0.6 is 0 Å². The van der Waals surface area contributed by atoms with Crippen molar-refractivity contribution in [2.75, 3.05) is 5.32 Å². The van der Waals surface area contributed by atoms with Gasteiger partial charge in [0.2, 0.25) is 0 Å². The highest BCUT2D eigenvalue weighted by molar-refractivity contribution is 6.00. The molecule has 0 saturated carbocycles. The van der Waals surface area contributed by atoms with Crippen LogP contribution in [0.15, 0.2) is 89.3 Å². The van der Waals surface area contributed by atoms with Crippen LogP contribution in [0.4, 0.5) is 11.4 Å². The molecule has 4 aromatic carbocycles. The maximum absolute atomic E-state index is 6.35. The molecule has 2 heteroatoms. The van der Waals surface area contributed by atoms with Crippen LogP contribution in [0, 0.1) is 0 Å². The van der Waals surface area contributed by atoms with Gasteiger partial charge in [-0.05, 0) is 77.6 Å². The Bertz CT molecular complexity index is 1630. The maximum atomic E-state index is 6.35. The van der Waals surface area contributed by atoms with Gasteiger partial charge >= 0.3 is 0 Å². The summed E-state index contributed by atoms with van der Waals surface area (Å²) in [4.78, 5) is 0. The lowest BCUT2D eigenvalue weighted by Crippen LogP contribution is -2.15. The summed E-state index contributed by atoms with van der Waals surface area (Å²) in [6, 6.07) is 30.7. The molecular formula is C32H27NO.